The van der Waals surface area contributed by atoms with E-state index >= 15 is 0 Å². The molecule has 0 atom stereocenters. The van der Waals surface area contributed by atoms with Crippen LogP contribution in [0.2, 0.25) is 0 Å². The van der Waals surface area contributed by atoms with Crippen LogP contribution in [0.15, 0.2) is 12.7 Å². The summed E-state index contributed by atoms with van der Waals surface area (Å²) in [7, 11) is 0. The molecule has 0 saturated heterocycles. The highest BCUT2D eigenvalue weighted by molar-refractivity contribution is 5.86. The summed E-state index contributed by atoms with van der Waals surface area (Å²) in [6.07, 6.45) is 0.833. The fraction of sp³-hybridized carbons (Fsp3) is 0. The van der Waals surface area contributed by atoms with E-state index in [1.807, 2.05) is 0 Å². The van der Waals surface area contributed by atoms with Crippen molar-refractivity contribution in [1.82, 2.24) is 0 Å². The van der Waals surface area contributed by atoms with Gasteiger partial charge in [-0.25, -0.2) is 4.79 Å². The van der Waals surface area contributed by atoms with Gasteiger partial charge in [0.2, 0.25) is 0 Å². The summed E-state index contributed by atoms with van der Waals surface area (Å²) in [6, 6.07) is 0. The van der Waals surface area contributed by atoms with Gasteiger partial charge in [-0.2, -0.15) is 0 Å². The van der Waals surface area contributed by atoms with Gasteiger partial charge in [0.25, 0.3) is 0 Å². The molecule has 2 nitrogen and oxygen atoms in total. The lowest BCUT2D eigenvalue weighted by Gasteiger charge is -1.64. The van der Waals surface area contributed by atoms with E-state index in [9.17, 15) is 4.79 Å². The van der Waals surface area contributed by atoms with E-state index in [2.05, 4.69) is 6.58 Å². The minimum absolute atomic E-state index is 0. The van der Waals surface area contributed by atoms with Crippen LogP contribution in [0.25, 0.3) is 0 Å². The Balaban J connectivity index is -0.0000000267. The van der Waals surface area contributed by atoms with Crippen molar-refractivity contribution in [3.63, 3.8) is 0 Å². The van der Waals surface area contributed by atoms with Crippen LogP contribution in [0, 0.1) is 0 Å². The third kappa shape index (κ3) is 36.3. The van der Waals surface area contributed by atoms with Crippen LogP contribution in [0.5, 0.6) is 0 Å². The van der Waals surface area contributed by atoms with Crippen molar-refractivity contribution in [3.8, 4) is 0 Å². The SMILES string of the molecule is C=CC(=O)O.Cl.Cl.Cl. The van der Waals surface area contributed by atoms with Crippen molar-refractivity contribution in [3.05, 3.63) is 12.7 Å². The van der Waals surface area contributed by atoms with Crippen LogP contribution < -0.4 is 0 Å². The maximum absolute atomic E-state index is 9.25. The molecule has 0 saturated carbocycles. The summed E-state index contributed by atoms with van der Waals surface area (Å²) in [5.74, 6) is -0.981. The number of carboxylic acid groups (broad SMARTS) is 1. The van der Waals surface area contributed by atoms with E-state index in [0.29, 0.717) is 0 Å². The molecule has 0 bridgehead atoms. The van der Waals surface area contributed by atoms with Crippen LogP contribution in [-0.4, -0.2) is 11.1 Å². The average molecular weight is 181 g/mol. The number of hydrogen-bond acceptors (Lipinski definition) is 1. The molecule has 8 heavy (non-hydrogen) atoms. The lowest BCUT2D eigenvalue weighted by atomic mass is 10.7. The van der Waals surface area contributed by atoms with Gasteiger partial charge >= 0.3 is 5.97 Å². The second kappa shape index (κ2) is 15.7. The first kappa shape index (κ1) is 24.3. The third-order valence-corrected chi connectivity index (χ3v) is 0.175. The van der Waals surface area contributed by atoms with Crippen molar-refractivity contribution in [1.29, 1.82) is 0 Å². The van der Waals surface area contributed by atoms with E-state index in [4.69, 9.17) is 5.11 Å². The Morgan fingerprint density at radius 2 is 1.50 bits per heavy atom. The van der Waals surface area contributed by atoms with Crippen LogP contribution in [0.4, 0.5) is 0 Å². The molecule has 0 aromatic rings. The molecule has 0 rings (SSSR count). The monoisotopic (exact) mass is 180 g/mol. The Morgan fingerprint density at radius 3 is 1.50 bits per heavy atom. The Hall–Kier alpha value is 0.0800. The van der Waals surface area contributed by atoms with Crippen molar-refractivity contribution in [2.45, 2.75) is 0 Å². The first-order valence-electron chi connectivity index (χ1n) is 1.12. The minimum Gasteiger partial charge on any atom is -0.478 e. The van der Waals surface area contributed by atoms with Gasteiger partial charge in [-0.3, -0.25) is 0 Å². The van der Waals surface area contributed by atoms with Crippen molar-refractivity contribution in [2.24, 2.45) is 0 Å². The van der Waals surface area contributed by atoms with Gasteiger partial charge in [-0.15, -0.1) is 37.2 Å². The highest BCUT2D eigenvalue weighted by Crippen LogP contribution is 1.54. The first-order chi connectivity index (χ1) is 2.27. The number of hydrogen-bond donors (Lipinski definition) is 1. The largest absolute Gasteiger partial charge is 0.478 e. The molecule has 5 heteroatoms. The molecule has 0 fully saturated rings. The van der Waals surface area contributed by atoms with Gasteiger partial charge in [0.15, 0.2) is 0 Å². The number of carbonyl (C=O) groups is 1. The maximum atomic E-state index is 9.25. The summed E-state index contributed by atoms with van der Waals surface area (Å²) in [5, 5.41) is 7.60. The molecule has 0 unspecified atom stereocenters. The Bertz CT molecular complexity index is 63.5. The molecular weight excluding hydrogens is 174 g/mol. The van der Waals surface area contributed by atoms with Gasteiger partial charge < -0.3 is 5.11 Å². The molecule has 0 spiro atoms. The van der Waals surface area contributed by atoms with E-state index in [1.165, 1.54) is 0 Å². The van der Waals surface area contributed by atoms with Crippen molar-refractivity contribution < 1.29 is 9.90 Å². The van der Waals surface area contributed by atoms with Crippen LogP contribution >= 0.6 is 37.2 Å². The van der Waals surface area contributed by atoms with E-state index in [-0.39, 0.29) is 37.2 Å². The van der Waals surface area contributed by atoms with Gasteiger partial charge in [0.1, 0.15) is 0 Å². The number of halogens is 3. The Morgan fingerprint density at radius 1 is 1.38 bits per heavy atom. The van der Waals surface area contributed by atoms with E-state index in [1.54, 1.807) is 0 Å². The van der Waals surface area contributed by atoms with Gasteiger partial charge in [0, 0.05) is 6.08 Å². The highest BCUT2D eigenvalue weighted by atomic mass is 35.5. The molecule has 0 aromatic carbocycles. The fourth-order valence-electron chi connectivity index (χ4n) is 0. The molecule has 0 aromatic heterocycles. The Kier molecular flexibility index (Phi) is 47.8. The summed E-state index contributed by atoms with van der Waals surface area (Å²) in [4.78, 5) is 9.25. The number of rotatable bonds is 1. The molecule has 0 aliphatic heterocycles. The fourth-order valence-corrected chi connectivity index (χ4v) is 0. The lowest BCUT2D eigenvalue weighted by Crippen LogP contribution is -1.82. The molecule has 0 radical (unpaired) electrons. The molecule has 0 heterocycles. The third-order valence-electron chi connectivity index (χ3n) is 0.175. The van der Waals surface area contributed by atoms with Crippen LogP contribution in [0.1, 0.15) is 0 Å². The molecule has 52 valence electrons. The molecule has 0 aliphatic rings. The zero-order valence-electron chi connectivity index (χ0n) is 3.86. The molecule has 1 N–H and O–H groups in total. The standard InChI is InChI=1S/C3H4O2.3ClH/c1-2-3(4)5;;;/h2H,1H2,(H,4,5);3*1H. The predicted molar refractivity (Wildman–Crippen MR) is 39.6 cm³/mol. The second-order valence-corrected chi connectivity index (χ2v) is 0.542. The smallest absolute Gasteiger partial charge is 0.327 e. The topological polar surface area (TPSA) is 37.3 Å². The zero-order chi connectivity index (χ0) is 4.28. The Labute approximate surface area is 66.2 Å². The predicted octanol–water partition coefficient (Wildman–Crippen LogP) is 1.52. The van der Waals surface area contributed by atoms with Gasteiger partial charge in [-0.1, -0.05) is 6.58 Å². The highest BCUT2D eigenvalue weighted by Gasteiger charge is 1.73. The van der Waals surface area contributed by atoms with E-state index < -0.39 is 5.97 Å². The van der Waals surface area contributed by atoms with Gasteiger partial charge in [-0.05, 0) is 0 Å². The van der Waals surface area contributed by atoms with Crippen LogP contribution in [-0.2, 0) is 4.79 Å². The van der Waals surface area contributed by atoms with Crippen LogP contribution in [0.3, 0.4) is 0 Å². The first-order valence-corrected chi connectivity index (χ1v) is 1.12. The number of carboxylic acids is 1. The maximum Gasteiger partial charge on any atom is 0.327 e. The van der Waals surface area contributed by atoms with Crippen molar-refractivity contribution in [2.75, 3.05) is 0 Å². The van der Waals surface area contributed by atoms with Crippen molar-refractivity contribution >= 4 is 43.2 Å². The zero-order valence-corrected chi connectivity index (χ0v) is 6.31. The number of aliphatic carboxylic acids is 1. The molecule has 0 aliphatic carbocycles. The quantitative estimate of drug-likeness (QED) is 0.623. The van der Waals surface area contributed by atoms with Gasteiger partial charge in [0.05, 0.1) is 0 Å². The lowest BCUT2D eigenvalue weighted by molar-refractivity contribution is -0.131. The summed E-state index contributed by atoms with van der Waals surface area (Å²) < 4.78 is 0. The molecule has 0 amide bonds. The molecular formula is C3H7Cl3O2. The second-order valence-electron chi connectivity index (χ2n) is 0.542. The summed E-state index contributed by atoms with van der Waals surface area (Å²) in [6.45, 7) is 2.96. The summed E-state index contributed by atoms with van der Waals surface area (Å²) in [5.41, 5.74) is 0. The summed E-state index contributed by atoms with van der Waals surface area (Å²) >= 11 is 0. The van der Waals surface area contributed by atoms with E-state index in [0.717, 1.165) is 6.08 Å². The normalized spacial score (nSPS) is 4.00. The average Bonchev–Trinajstić information content (AvgIpc) is 1.38. The minimum atomic E-state index is -0.981.